The van der Waals surface area contributed by atoms with Crippen LogP contribution in [0.2, 0.25) is 5.02 Å². The van der Waals surface area contributed by atoms with Crippen LogP contribution < -0.4 is 10.2 Å². The van der Waals surface area contributed by atoms with Crippen LogP contribution in [0.25, 0.3) is 0 Å². The van der Waals surface area contributed by atoms with Crippen molar-refractivity contribution in [3.8, 4) is 0 Å². The second-order valence-electron chi connectivity index (χ2n) is 8.32. The van der Waals surface area contributed by atoms with Crippen molar-refractivity contribution in [3.05, 3.63) is 58.6 Å². The van der Waals surface area contributed by atoms with Gasteiger partial charge in [-0.1, -0.05) is 23.7 Å². The van der Waals surface area contributed by atoms with Crippen molar-refractivity contribution in [2.24, 2.45) is 11.8 Å². The van der Waals surface area contributed by atoms with E-state index in [4.69, 9.17) is 39.5 Å². The SMILES string of the molecule is Cc1c(Cl)cccc1NC(=O)COC(=O)c1cccc(N2C(=O)[C@H]3C[C@@H](Cl)[C@@H](Cl)C[C@H]3C2=O)c1. The number of carbonyl (C=O) groups excluding carboxylic acids is 4. The van der Waals surface area contributed by atoms with Crippen LogP contribution in [0, 0.1) is 18.8 Å². The quantitative estimate of drug-likeness (QED) is 0.352. The number of alkyl halides is 2. The zero-order valence-electron chi connectivity index (χ0n) is 18.1. The predicted octanol–water partition coefficient (Wildman–Crippen LogP) is 4.56. The van der Waals surface area contributed by atoms with Gasteiger partial charge in [-0.15, -0.1) is 23.2 Å². The van der Waals surface area contributed by atoms with Crippen molar-refractivity contribution in [1.82, 2.24) is 0 Å². The Morgan fingerprint density at radius 2 is 1.65 bits per heavy atom. The van der Waals surface area contributed by atoms with Gasteiger partial charge >= 0.3 is 5.97 Å². The molecule has 4 rings (SSSR count). The summed E-state index contributed by atoms with van der Waals surface area (Å²) in [4.78, 5) is 51.7. The first-order valence-electron chi connectivity index (χ1n) is 10.7. The molecule has 2 fully saturated rings. The van der Waals surface area contributed by atoms with Gasteiger partial charge in [-0.2, -0.15) is 0 Å². The van der Waals surface area contributed by atoms with Crippen molar-refractivity contribution in [3.63, 3.8) is 0 Å². The Hall–Kier alpha value is -2.61. The molecule has 0 aromatic heterocycles. The number of benzene rings is 2. The second kappa shape index (κ2) is 9.94. The highest BCUT2D eigenvalue weighted by Gasteiger charge is 2.52. The summed E-state index contributed by atoms with van der Waals surface area (Å²) in [6.45, 7) is 1.24. The number of nitrogens with zero attached hydrogens (tertiary/aromatic N) is 1. The summed E-state index contributed by atoms with van der Waals surface area (Å²) in [7, 11) is 0. The molecule has 10 heteroatoms. The summed E-state index contributed by atoms with van der Waals surface area (Å²) in [5.41, 5.74) is 1.57. The maximum absolute atomic E-state index is 12.9. The molecule has 0 unspecified atom stereocenters. The van der Waals surface area contributed by atoms with Crippen LogP contribution in [-0.4, -0.2) is 41.1 Å². The number of hydrogen-bond acceptors (Lipinski definition) is 5. The Labute approximate surface area is 211 Å². The fourth-order valence-electron chi connectivity index (χ4n) is 4.27. The number of rotatable bonds is 5. The molecule has 2 aromatic carbocycles. The van der Waals surface area contributed by atoms with Crippen molar-refractivity contribution >= 4 is 69.9 Å². The van der Waals surface area contributed by atoms with E-state index in [1.165, 1.54) is 12.1 Å². The zero-order valence-corrected chi connectivity index (χ0v) is 20.4. The van der Waals surface area contributed by atoms with E-state index in [1.807, 2.05) is 0 Å². The highest BCUT2D eigenvalue weighted by Crippen LogP contribution is 2.43. The van der Waals surface area contributed by atoms with E-state index in [9.17, 15) is 19.2 Å². The number of hydrogen-bond donors (Lipinski definition) is 1. The van der Waals surface area contributed by atoms with Gasteiger partial charge in [0.1, 0.15) is 0 Å². The molecule has 7 nitrogen and oxygen atoms in total. The van der Waals surface area contributed by atoms with Crippen molar-refractivity contribution in [1.29, 1.82) is 0 Å². The molecule has 2 aromatic rings. The molecule has 1 aliphatic heterocycles. The van der Waals surface area contributed by atoms with Crippen LogP contribution in [0.3, 0.4) is 0 Å². The number of carbonyl (C=O) groups is 4. The summed E-state index contributed by atoms with van der Waals surface area (Å²) in [6, 6.07) is 11.1. The van der Waals surface area contributed by atoms with E-state index in [2.05, 4.69) is 5.32 Å². The van der Waals surface area contributed by atoms with Gasteiger partial charge < -0.3 is 10.1 Å². The third-order valence-electron chi connectivity index (χ3n) is 6.13. The monoisotopic (exact) mass is 522 g/mol. The first-order valence-corrected chi connectivity index (χ1v) is 11.9. The van der Waals surface area contributed by atoms with E-state index >= 15 is 0 Å². The summed E-state index contributed by atoms with van der Waals surface area (Å²) in [6.07, 6.45) is 0.648. The van der Waals surface area contributed by atoms with Crippen molar-refractivity contribution in [2.45, 2.75) is 30.5 Å². The Kier molecular flexibility index (Phi) is 7.17. The summed E-state index contributed by atoms with van der Waals surface area (Å²) >= 11 is 18.5. The molecule has 3 amide bonds. The lowest BCUT2D eigenvalue weighted by molar-refractivity contribution is -0.122. The van der Waals surface area contributed by atoms with Crippen molar-refractivity contribution in [2.75, 3.05) is 16.8 Å². The van der Waals surface area contributed by atoms with Crippen LogP contribution in [0.5, 0.6) is 0 Å². The van der Waals surface area contributed by atoms with E-state index in [0.717, 1.165) is 4.90 Å². The van der Waals surface area contributed by atoms with Gasteiger partial charge in [0.05, 0.1) is 33.8 Å². The highest BCUT2D eigenvalue weighted by atomic mass is 35.5. The summed E-state index contributed by atoms with van der Waals surface area (Å²) < 4.78 is 5.12. The van der Waals surface area contributed by atoms with E-state index in [-0.39, 0.29) is 33.8 Å². The third-order valence-corrected chi connectivity index (χ3v) is 7.63. The lowest BCUT2D eigenvalue weighted by Gasteiger charge is -2.28. The Balaban J connectivity index is 1.42. The van der Waals surface area contributed by atoms with Crippen LogP contribution in [-0.2, 0) is 19.1 Å². The maximum atomic E-state index is 12.9. The topological polar surface area (TPSA) is 92.8 Å². The lowest BCUT2D eigenvalue weighted by atomic mass is 9.80. The molecule has 0 radical (unpaired) electrons. The first-order chi connectivity index (χ1) is 16.2. The third kappa shape index (κ3) is 4.78. The molecule has 4 atom stereocenters. The molecule has 2 aliphatic rings. The highest BCUT2D eigenvalue weighted by molar-refractivity contribution is 6.32. The van der Waals surface area contributed by atoms with Gasteiger partial charge in [-0.25, -0.2) is 4.79 Å². The maximum Gasteiger partial charge on any atom is 0.338 e. The molecular weight excluding hydrogens is 503 g/mol. The average molecular weight is 524 g/mol. The molecule has 1 saturated carbocycles. The molecule has 0 spiro atoms. The minimum absolute atomic E-state index is 0.102. The van der Waals surface area contributed by atoms with Gasteiger partial charge in [0.2, 0.25) is 11.8 Å². The number of halogens is 3. The number of ether oxygens (including phenoxy) is 1. The van der Waals surface area contributed by atoms with Crippen LogP contribution >= 0.6 is 34.8 Å². The molecular formula is C24H21Cl3N2O5. The Morgan fingerprint density at radius 3 is 2.29 bits per heavy atom. The molecule has 1 heterocycles. The molecule has 1 aliphatic carbocycles. The normalized spacial score (nSPS) is 24.1. The molecule has 178 valence electrons. The van der Waals surface area contributed by atoms with Crippen LogP contribution in [0.15, 0.2) is 42.5 Å². The number of nitrogens with one attached hydrogen (secondary N) is 1. The Morgan fingerprint density at radius 1 is 1.03 bits per heavy atom. The fourth-order valence-corrected chi connectivity index (χ4v) is 5.03. The van der Waals surface area contributed by atoms with Gasteiger partial charge in [-0.05, 0) is 55.7 Å². The summed E-state index contributed by atoms with van der Waals surface area (Å²) in [5, 5.41) is 2.37. The van der Waals surface area contributed by atoms with Crippen LogP contribution in [0.1, 0.15) is 28.8 Å². The van der Waals surface area contributed by atoms with Gasteiger partial charge in [0, 0.05) is 10.7 Å². The van der Waals surface area contributed by atoms with E-state index in [0.29, 0.717) is 29.1 Å². The predicted molar refractivity (Wildman–Crippen MR) is 130 cm³/mol. The summed E-state index contributed by atoms with van der Waals surface area (Å²) in [5.74, 6) is -3.07. The van der Waals surface area contributed by atoms with Gasteiger partial charge in [0.25, 0.3) is 5.91 Å². The van der Waals surface area contributed by atoms with E-state index in [1.54, 1.807) is 37.3 Å². The number of amides is 3. The minimum Gasteiger partial charge on any atom is -0.452 e. The molecule has 0 bridgehead atoms. The Bertz CT molecular complexity index is 1140. The fraction of sp³-hybridized carbons (Fsp3) is 0.333. The number of fused-ring (bicyclic) bond motifs is 1. The van der Waals surface area contributed by atoms with Crippen molar-refractivity contribution < 1.29 is 23.9 Å². The minimum atomic E-state index is -0.766. The van der Waals surface area contributed by atoms with Crippen LogP contribution in [0.4, 0.5) is 11.4 Å². The zero-order chi connectivity index (χ0) is 24.6. The number of anilines is 2. The molecule has 34 heavy (non-hydrogen) atoms. The molecule has 1 N–H and O–H groups in total. The second-order valence-corrected chi connectivity index (χ2v) is 9.84. The van der Waals surface area contributed by atoms with Gasteiger partial charge in [0.15, 0.2) is 6.61 Å². The van der Waals surface area contributed by atoms with E-state index < -0.39 is 30.3 Å². The largest absolute Gasteiger partial charge is 0.452 e. The first kappa shape index (κ1) is 24.5. The lowest BCUT2D eigenvalue weighted by Crippen LogP contribution is -2.34. The molecule has 1 saturated heterocycles. The average Bonchev–Trinajstić information content (AvgIpc) is 3.05. The standard InChI is InChI=1S/C24H21Cl3N2O5/c1-12-17(25)6-3-7-20(12)28-21(30)11-34-24(33)13-4-2-5-14(8-13)29-22(31)15-9-18(26)19(27)10-16(15)23(29)32/h2-8,15-16,18-19H,9-11H2,1H3,(H,28,30)/t15-,16+,18+,19-. The smallest absolute Gasteiger partial charge is 0.338 e. The van der Waals surface area contributed by atoms with Gasteiger partial charge in [-0.3, -0.25) is 19.3 Å². The number of esters is 1. The number of imide groups is 1.